The molecule has 1 aromatic heterocycles. The predicted molar refractivity (Wildman–Crippen MR) is 122 cm³/mol. The van der Waals surface area contributed by atoms with E-state index >= 15 is 0 Å². The van der Waals surface area contributed by atoms with Crippen LogP contribution in [0.25, 0.3) is 22.6 Å². The van der Waals surface area contributed by atoms with Crippen LogP contribution in [0.1, 0.15) is 11.1 Å². The van der Waals surface area contributed by atoms with Crippen LogP contribution in [0.3, 0.4) is 0 Å². The number of benzene rings is 3. The Hall–Kier alpha value is -2.83. The zero-order valence-electron chi connectivity index (χ0n) is 16.3. The minimum atomic E-state index is -0.256. The van der Waals surface area contributed by atoms with Gasteiger partial charge in [0.2, 0.25) is 5.89 Å². The van der Waals surface area contributed by atoms with Crippen LogP contribution in [0.4, 0.5) is 5.69 Å². The van der Waals surface area contributed by atoms with Crippen molar-refractivity contribution in [2.75, 3.05) is 11.9 Å². The van der Waals surface area contributed by atoms with Gasteiger partial charge in [-0.05, 0) is 67.4 Å². The highest BCUT2D eigenvalue weighted by Crippen LogP contribution is 2.33. The number of aryl methyl sites for hydroxylation is 1. The average molecular weight is 486 g/mol. The molecule has 0 bridgehead atoms. The van der Waals surface area contributed by atoms with Gasteiger partial charge in [-0.3, -0.25) is 4.79 Å². The van der Waals surface area contributed by atoms with Crippen LogP contribution in [0, 0.1) is 13.8 Å². The highest BCUT2D eigenvalue weighted by molar-refractivity contribution is 9.10. The van der Waals surface area contributed by atoms with E-state index in [1.165, 1.54) is 0 Å². The van der Waals surface area contributed by atoms with E-state index in [2.05, 4.69) is 26.2 Å². The Morgan fingerprint density at radius 3 is 2.83 bits per heavy atom. The number of oxazole rings is 1. The zero-order chi connectivity index (χ0) is 21.3. The number of ether oxygens (including phenoxy) is 1. The standard InChI is InChI=1S/C23H18BrClN2O3/c1-13-4-3-5-20(14(13)2)29-12-22(28)26-16-7-9-21-19(11-16)27-23(30-21)17-10-15(24)6-8-18(17)25/h3-11H,12H2,1-2H3,(H,26,28). The van der Waals surface area contributed by atoms with Crippen molar-refractivity contribution in [1.29, 1.82) is 0 Å². The molecule has 0 saturated heterocycles. The fourth-order valence-corrected chi connectivity index (χ4v) is 3.56. The number of carbonyl (C=O) groups excluding carboxylic acids is 1. The maximum absolute atomic E-state index is 12.3. The molecule has 5 nitrogen and oxygen atoms in total. The van der Waals surface area contributed by atoms with E-state index in [0.717, 1.165) is 15.6 Å². The van der Waals surface area contributed by atoms with Gasteiger partial charge in [0, 0.05) is 10.2 Å². The van der Waals surface area contributed by atoms with Crippen LogP contribution >= 0.6 is 27.5 Å². The van der Waals surface area contributed by atoms with Gasteiger partial charge in [0.05, 0.1) is 10.6 Å². The van der Waals surface area contributed by atoms with Crippen LogP contribution in [-0.4, -0.2) is 17.5 Å². The van der Waals surface area contributed by atoms with E-state index in [1.807, 2.05) is 44.2 Å². The first kappa shape index (κ1) is 20.4. The van der Waals surface area contributed by atoms with E-state index in [-0.39, 0.29) is 12.5 Å². The largest absolute Gasteiger partial charge is 0.483 e. The van der Waals surface area contributed by atoms with Gasteiger partial charge in [-0.15, -0.1) is 0 Å². The Bertz CT molecular complexity index is 1250. The van der Waals surface area contributed by atoms with Crippen molar-refractivity contribution in [3.05, 3.63) is 75.2 Å². The molecule has 3 aromatic carbocycles. The summed E-state index contributed by atoms with van der Waals surface area (Å²) in [6.07, 6.45) is 0. The maximum Gasteiger partial charge on any atom is 0.262 e. The molecule has 152 valence electrons. The van der Waals surface area contributed by atoms with Crippen LogP contribution in [0.15, 0.2) is 63.5 Å². The van der Waals surface area contributed by atoms with Gasteiger partial charge in [0.25, 0.3) is 5.91 Å². The highest BCUT2D eigenvalue weighted by Gasteiger charge is 2.13. The number of fused-ring (bicyclic) bond motifs is 1. The monoisotopic (exact) mass is 484 g/mol. The number of amides is 1. The molecule has 7 heteroatoms. The predicted octanol–water partition coefficient (Wildman–Crippen LogP) is 6.55. The topological polar surface area (TPSA) is 64.4 Å². The molecule has 0 radical (unpaired) electrons. The molecule has 0 aliphatic heterocycles. The SMILES string of the molecule is Cc1cccc(OCC(=O)Nc2ccc3oc(-c4cc(Br)ccc4Cl)nc3c2)c1C. The third kappa shape index (κ3) is 4.35. The summed E-state index contributed by atoms with van der Waals surface area (Å²) < 4.78 is 12.4. The Labute approximate surface area is 187 Å². The highest BCUT2D eigenvalue weighted by atomic mass is 79.9. The first-order valence-electron chi connectivity index (χ1n) is 9.25. The van der Waals surface area contributed by atoms with Crippen LogP contribution in [0.2, 0.25) is 5.02 Å². The van der Waals surface area contributed by atoms with Crippen LogP contribution in [0.5, 0.6) is 5.75 Å². The van der Waals surface area contributed by atoms with E-state index in [0.29, 0.717) is 39.0 Å². The number of aromatic nitrogens is 1. The molecule has 4 aromatic rings. The minimum absolute atomic E-state index is 0.0833. The van der Waals surface area contributed by atoms with E-state index < -0.39 is 0 Å². The van der Waals surface area contributed by atoms with Crippen LogP contribution < -0.4 is 10.1 Å². The Balaban J connectivity index is 1.49. The lowest BCUT2D eigenvalue weighted by Crippen LogP contribution is -2.20. The molecule has 0 spiro atoms. The Morgan fingerprint density at radius 1 is 1.17 bits per heavy atom. The second-order valence-corrected chi connectivity index (χ2v) is 8.18. The van der Waals surface area contributed by atoms with Gasteiger partial charge in [0.1, 0.15) is 11.3 Å². The molecule has 1 N–H and O–H groups in total. The summed E-state index contributed by atoms with van der Waals surface area (Å²) in [5.74, 6) is 0.861. The Kier molecular flexibility index (Phi) is 5.79. The van der Waals surface area contributed by atoms with Gasteiger partial charge >= 0.3 is 0 Å². The molecule has 1 amide bonds. The number of hydrogen-bond donors (Lipinski definition) is 1. The van der Waals surface area contributed by atoms with Gasteiger partial charge < -0.3 is 14.5 Å². The zero-order valence-corrected chi connectivity index (χ0v) is 18.7. The number of anilines is 1. The van der Waals surface area contributed by atoms with Crippen LogP contribution in [-0.2, 0) is 4.79 Å². The summed E-state index contributed by atoms with van der Waals surface area (Å²) in [7, 11) is 0. The summed E-state index contributed by atoms with van der Waals surface area (Å²) >= 11 is 9.70. The maximum atomic E-state index is 12.3. The summed E-state index contributed by atoms with van der Waals surface area (Å²) in [6.45, 7) is 3.89. The van der Waals surface area contributed by atoms with Crippen molar-refractivity contribution in [2.45, 2.75) is 13.8 Å². The van der Waals surface area contributed by atoms with Gasteiger partial charge in [-0.25, -0.2) is 4.98 Å². The first-order valence-corrected chi connectivity index (χ1v) is 10.4. The molecule has 4 rings (SSSR count). The van der Waals surface area contributed by atoms with Crippen molar-refractivity contribution >= 4 is 50.2 Å². The summed E-state index contributed by atoms with van der Waals surface area (Å²) in [4.78, 5) is 16.8. The lowest BCUT2D eigenvalue weighted by atomic mass is 10.1. The number of rotatable bonds is 5. The van der Waals surface area contributed by atoms with Gasteiger partial charge in [-0.1, -0.05) is 39.7 Å². The van der Waals surface area contributed by atoms with Crippen molar-refractivity contribution in [1.82, 2.24) is 4.98 Å². The molecular weight excluding hydrogens is 468 g/mol. The van der Waals surface area contributed by atoms with Crippen molar-refractivity contribution in [2.24, 2.45) is 0 Å². The van der Waals surface area contributed by atoms with Gasteiger partial charge in [0.15, 0.2) is 12.2 Å². The van der Waals surface area contributed by atoms with Gasteiger partial charge in [-0.2, -0.15) is 0 Å². The number of halogens is 2. The van der Waals surface area contributed by atoms with Crippen molar-refractivity contribution < 1.29 is 13.9 Å². The fourth-order valence-electron chi connectivity index (χ4n) is 3.00. The fraction of sp³-hybridized carbons (Fsp3) is 0.130. The molecule has 0 atom stereocenters. The normalized spacial score (nSPS) is 10.9. The molecule has 30 heavy (non-hydrogen) atoms. The molecule has 1 heterocycles. The lowest BCUT2D eigenvalue weighted by molar-refractivity contribution is -0.118. The number of carbonyl (C=O) groups is 1. The summed E-state index contributed by atoms with van der Waals surface area (Å²) in [5, 5.41) is 3.37. The smallest absolute Gasteiger partial charge is 0.262 e. The molecule has 0 saturated carbocycles. The summed E-state index contributed by atoms with van der Waals surface area (Å²) in [5.41, 5.74) is 4.66. The van der Waals surface area contributed by atoms with E-state index in [1.54, 1.807) is 24.3 Å². The number of nitrogens with one attached hydrogen (secondary N) is 1. The first-order chi connectivity index (χ1) is 14.4. The second kappa shape index (κ2) is 8.50. The quantitative estimate of drug-likeness (QED) is 0.348. The molecular formula is C23H18BrClN2O3. The Morgan fingerprint density at radius 2 is 2.00 bits per heavy atom. The summed E-state index contributed by atoms with van der Waals surface area (Å²) in [6, 6.07) is 16.5. The average Bonchev–Trinajstić information content (AvgIpc) is 3.14. The number of hydrogen-bond acceptors (Lipinski definition) is 4. The second-order valence-electron chi connectivity index (χ2n) is 6.86. The molecule has 0 fully saturated rings. The minimum Gasteiger partial charge on any atom is -0.483 e. The van der Waals surface area contributed by atoms with Crippen molar-refractivity contribution in [3.63, 3.8) is 0 Å². The van der Waals surface area contributed by atoms with Crippen molar-refractivity contribution in [3.8, 4) is 17.2 Å². The molecule has 0 unspecified atom stereocenters. The molecule has 0 aliphatic carbocycles. The third-order valence-corrected chi connectivity index (χ3v) is 5.57. The lowest BCUT2D eigenvalue weighted by Gasteiger charge is -2.11. The third-order valence-electron chi connectivity index (χ3n) is 4.74. The molecule has 0 aliphatic rings. The number of nitrogens with zero attached hydrogens (tertiary/aromatic N) is 1. The van der Waals surface area contributed by atoms with E-state index in [9.17, 15) is 4.79 Å². The van der Waals surface area contributed by atoms with E-state index in [4.69, 9.17) is 20.8 Å².